The third-order valence-electron chi connectivity index (χ3n) is 1.93. The molecule has 2 rings (SSSR count). The van der Waals surface area contributed by atoms with Crippen LogP contribution in [0.3, 0.4) is 0 Å². The molecule has 0 bridgehead atoms. The molecule has 2 aromatic heterocycles. The van der Waals surface area contributed by atoms with Gasteiger partial charge in [-0.2, -0.15) is 0 Å². The Morgan fingerprint density at radius 3 is 2.69 bits per heavy atom. The van der Waals surface area contributed by atoms with Crippen molar-refractivity contribution in [3.8, 4) is 0 Å². The summed E-state index contributed by atoms with van der Waals surface area (Å²) in [5.41, 5.74) is 1.27. The van der Waals surface area contributed by atoms with E-state index in [1.54, 1.807) is 17.7 Å². The van der Waals surface area contributed by atoms with E-state index in [0.29, 0.717) is 0 Å². The fourth-order valence-corrected chi connectivity index (χ4v) is 2.20. The quantitative estimate of drug-likeness (QED) is 0.641. The number of rotatable bonds is 0. The van der Waals surface area contributed by atoms with Gasteiger partial charge in [-0.05, 0) is 11.5 Å². The zero-order valence-corrected chi connectivity index (χ0v) is 8.85. The molecule has 0 unspecified atom stereocenters. The van der Waals surface area contributed by atoms with Crippen molar-refractivity contribution in [1.82, 2.24) is 9.97 Å². The van der Waals surface area contributed by atoms with Crippen molar-refractivity contribution in [3.63, 3.8) is 0 Å². The minimum Gasteiger partial charge on any atom is -0.243 e. The highest BCUT2D eigenvalue weighted by Gasteiger charge is 2.16. The first-order valence-corrected chi connectivity index (χ1v) is 5.09. The summed E-state index contributed by atoms with van der Waals surface area (Å²) in [6.45, 7) is 6.64. The summed E-state index contributed by atoms with van der Waals surface area (Å²) < 4.78 is 1.17. The summed E-state index contributed by atoms with van der Waals surface area (Å²) in [5.74, 6) is 0. The first-order valence-electron chi connectivity index (χ1n) is 4.27. The Labute approximate surface area is 81.7 Å². The highest BCUT2D eigenvalue weighted by atomic mass is 32.1. The number of hydrogen-bond acceptors (Lipinski definition) is 3. The summed E-state index contributed by atoms with van der Waals surface area (Å²) in [6, 6.07) is 2.15. The van der Waals surface area contributed by atoms with E-state index in [1.807, 2.05) is 6.20 Å². The second-order valence-electron chi connectivity index (χ2n) is 4.13. The summed E-state index contributed by atoms with van der Waals surface area (Å²) in [6.07, 6.45) is 3.48. The van der Waals surface area contributed by atoms with Crippen LogP contribution in [0.15, 0.2) is 18.6 Å². The summed E-state index contributed by atoms with van der Waals surface area (Å²) in [7, 11) is 0. The molecular formula is C10H12N2S. The summed E-state index contributed by atoms with van der Waals surface area (Å²) in [5, 5.41) is 0. The molecular weight excluding hydrogens is 180 g/mol. The Bertz CT molecular complexity index is 393. The van der Waals surface area contributed by atoms with Crippen molar-refractivity contribution in [2.24, 2.45) is 0 Å². The second-order valence-corrected chi connectivity index (χ2v) is 5.22. The normalized spacial score (nSPS) is 12.2. The predicted octanol–water partition coefficient (Wildman–Crippen LogP) is 2.99. The zero-order valence-electron chi connectivity index (χ0n) is 8.03. The van der Waals surface area contributed by atoms with Gasteiger partial charge in [0, 0.05) is 11.1 Å². The maximum Gasteiger partial charge on any atom is 0.116 e. The average molecular weight is 192 g/mol. The maximum atomic E-state index is 4.21. The van der Waals surface area contributed by atoms with Gasteiger partial charge in [0.15, 0.2) is 0 Å². The van der Waals surface area contributed by atoms with Crippen molar-refractivity contribution in [2.75, 3.05) is 0 Å². The minimum absolute atomic E-state index is 0.214. The van der Waals surface area contributed by atoms with Gasteiger partial charge in [0.25, 0.3) is 0 Å². The largest absolute Gasteiger partial charge is 0.243 e. The lowest BCUT2D eigenvalue weighted by Gasteiger charge is -2.14. The van der Waals surface area contributed by atoms with E-state index in [1.165, 1.54) is 9.58 Å². The average Bonchev–Trinajstić information content (AvgIpc) is 2.45. The van der Waals surface area contributed by atoms with Crippen LogP contribution in [0.1, 0.15) is 25.6 Å². The standard InChI is InChI=1S/C10H12N2S/c1-10(2,3)9-4-7-8(13-9)5-11-6-12-7/h4-6H,1-3H3. The molecule has 3 heteroatoms. The van der Waals surface area contributed by atoms with Crippen molar-refractivity contribution >= 4 is 21.6 Å². The van der Waals surface area contributed by atoms with E-state index in [0.717, 1.165) is 5.52 Å². The van der Waals surface area contributed by atoms with Gasteiger partial charge < -0.3 is 0 Å². The molecule has 0 radical (unpaired) electrons. The van der Waals surface area contributed by atoms with E-state index >= 15 is 0 Å². The van der Waals surface area contributed by atoms with Crippen LogP contribution in [-0.4, -0.2) is 9.97 Å². The Morgan fingerprint density at radius 1 is 1.31 bits per heavy atom. The monoisotopic (exact) mass is 192 g/mol. The number of fused-ring (bicyclic) bond motifs is 1. The van der Waals surface area contributed by atoms with Crippen LogP contribution in [0.2, 0.25) is 0 Å². The fraction of sp³-hybridized carbons (Fsp3) is 0.400. The Hall–Kier alpha value is -0.960. The molecule has 0 amide bonds. The van der Waals surface area contributed by atoms with Crippen LogP contribution >= 0.6 is 11.3 Å². The van der Waals surface area contributed by atoms with Gasteiger partial charge in [-0.1, -0.05) is 20.8 Å². The van der Waals surface area contributed by atoms with Gasteiger partial charge in [0.2, 0.25) is 0 Å². The van der Waals surface area contributed by atoms with Crippen LogP contribution in [0, 0.1) is 0 Å². The SMILES string of the molecule is CC(C)(C)c1cc2ncncc2s1. The first-order chi connectivity index (χ1) is 6.07. The molecule has 0 aliphatic carbocycles. The number of nitrogens with zero attached hydrogens (tertiary/aromatic N) is 2. The van der Waals surface area contributed by atoms with Crippen molar-refractivity contribution in [1.29, 1.82) is 0 Å². The van der Waals surface area contributed by atoms with Gasteiger partial charge in [-0.3, -0.25) is 0 Å². The van der Waals surface area contributed by atoms with Crippen LogP contribution in [0.5, 0.6) is 0 Å². The molecule has 0 spiro atoms. The van der Waals surface area contributed by atoms with Gasteiger partial charge in [0.05, 0.1) is 10.2 Å². The smallest absolute Gasteiger partial charge is 0.116 e. The van der Waals surface area contributed by atoms with Gasteiger partial charge in [-0.25, -0.2) is 9.97 Å². The molecule has 0 N–H and O–H groups in total. The van der Waals surface area contributed by atoms with Crippen LogP contribution in [0.25, 0.3) is 10.2 Å². The third kappa shape index (κ3) is 1.56. The zero-order chi connectivity index (χ0) is 9.47. The second kappa shape index (κ2) is 2.77. The molecule has 13 heavy (non-hydrogen) atoms. The molecule has 68 valence electrons. The fourth-order valence-electron chi connectivity index (χ4n) is 1.16. The number of aromatic nitrogens is 2. The summed E-state index contributed by atoms with van der Waals surface area (Å²) in [4.78, 5) is 9.59. The number of thiophene rings is 1. The van der Waals surface area contributed by atoms with Crippen molar-refractivity contribution < 1.29 is 0 Å². The molecule has 0 saturated heterocycles. The van der Waals surface area contributed by atoms with Gasteiger partial charge in [-0.15, -0.1) is 11.3 Å². The highest BCUT2D eigenvalue weighted by Crippen LogP contribution is 2.32. The molecule has 2 aromatic rings. The Balaban J connectivity index is 2.63. The van der Waals surface area contributed by atoms with E-state index in [9.17, 15) is 0 Å². The molecule has 0 aliphatic rings. The molecule has 0 saturated carbocycles. The maximum absolute atomic E-state index is 4.21. The highest BCUT2D eigenvalue weighted by molar-refractivity contribution is 7.19. The van der Waals surface area contributed by atoms with Crippen LogP contribution in [0.4, 0.5) is 0 Å². The van der Waals surface area contributed by atoms with Crippen molar-refractivity contribution in [2.45, 2.75) is 26.2 Å². The van der Waals surface area contributed by atoms with Crippen LogP contribution < -0.4 is 0 Å². The lowest BCUT2D eigenvalue weighted by atomic mass is 9.95. The summed E-state index contributed by atoms with van der Waals surface area (Å²) >= 11 is 1.78. The minimum atomic E-state index is 0.214. The first kappa shape index (κ1) is 8.63. The molecule has 0 atom stereocenters. The van der Waals surface area contributed by atoms with Crippen molar-refractivity contribution in [3.05, 3.63) is 23.5 Å². The van der Waals surface area contributed by atoms with E-state index in [4.69, 9.17) is 0 Å². The lowest BCUT2D eigenvalue weighted by Crippen LogP contribution is -2.07. The Kier molecular flexibility index (Phi) is 1.84. The molecule has 0 aliphatic heterocycles. The number of hydrogen-bond donors (Lipinski definition) is 0. The predicted molar refractivity (Wildman–Crippen MR) is 56.1 cm³/mol. The molecule has 0 fully saturated rings. The van der Waals surface area contributed by atoms with E-state index in [-0.39, 0.29) is 5.41 Å². The van der Waals surface area contributed by atoms with Crippen LogP contribution in [-0.2, 0) is 5.41 Å². The third-order valence-corrected chi connectivity index (χ3v) is 3.42. The van der Waals surface area contributed by atoms with Gasteiger partial charge in [0.1, 0.15) is 6.33 Å². The molecule has 2 nitrogen and oxygen atoms in total. The lowest BCUT2D eigenvalue weighted by molar-refractivity contribution is 0.604. The van der Waals surface area contributed by atoms with Gasteiger partial charge >= 0.3 is 0 Å². The van der Waals surface area contributed by atoms with E-state index < -0.39 is 0 Å². The Morgan fingerprint density at radius 2 is 2.08 bits per heavy atom. The molecule has 0 aromatic carbocycles. The van der Waals surface area contributed by atoms with E-state index in [2.05, 4.69) is 36.8 Å². The molecule has 2 heterocycles. The topological polar surface area (TPSA) is 25.8 Å².